The second kappa shape index (κ2) is 11.0. The number of amides is 3. The van der Waals surface area contributed by atoms with E-state index in [1.807, 2.05) is 18.4 Å². The van der Waals surface area contributed by atoms with Crippen LogP contribution in [0.4, 0.5) is 9.18 Å². The maximum atomic E-state index is 13.5. The average Bonchev–Trinajstić information content (AvgIpc) is 3.50. The molecule has 0 bridgehead atoms. The maximum absolute atomic E-state index is 13.5. The molecule has 33 heavy (non-hydrogen) atoms. The number of benzene rings is 1. The fraction of sp³-hybridized carbons (Fsp3) is 0.500. The van der Waals surface area contributed by atoms with Crippen molar-refractivity contribution in [1.82, 2.24) is 15.1 Å². The number of carbonyl (C=O) groups is 2. The van der Waals surface area contributed by atoms with Gasteiger partial charge in [-0.05, 0) is 67.5 Å². The third-order valence-electron chi connectivity index (χ3n) is 6.03. The molecular weight excluding hydrogens is 445 g/mol. The highest BCUT2D eigenvalue weighted by molar-refractivity contribution is 7.10. The Kier molecular flexibility index (Phi) is 7.82. The van der Waals surface area contributed by atoms with E-state index in [0.717, 1.165) is 24.8 Å². The van der Waals surface area contributed by atoms with Crippen LogP contribution in [0.5, 0.6) is 5.75 Å². The van der Waals surface area contributed by atoms with E-state index in [0.29, 0.717) is 32.0 Å². The summed E-state index contributed by atoms with van der Waals surface area (Å²) in [6.45, 7) is 4.24. The predicted octanol–water partition coefficient (Wildman–Crippen LogP) is 3.60. The van der Waals surface area contributed by atoms with E-state index in [9.17, 15) is 14.0 Å². The Balaban J connectivity index is 1.48. The summed E-state index contributed by atoms with van der Waals surface area (Å²) in [5.74, 6) is 0.103. The van der Waals surface area contributed by atoms with E-state index < -0.39 is 0 Å². The van der Waals surface area contributed by atoms with Crippen molar-refractivity contribution in [2.45, 2.75) is 38.3 Å². The summed E-state index contributed by atoms with van der Waals surface area (Å²) in [5, 5.41) is 4.84. The number of halogens is 1. The molecule has 2 atom stereocenters. The van der Waals surface area contributed by atoms with Crippen LogP contribution in [0, 0.1) is 5.82 Å². The fourth-order valence-electron chi connectivity index (χ4n) is 4.35. The summed E-state index contributed by atoms with van der Waals surface area (Å²) < 4.78 is 24.9. The first-order valence-corrected chi connectivity index (χ1v) is 12.3. The van der Waals surface area contributed by atoms with Crippen molar-refractivity contribution in [2.75, 3.05) is 39.4 Å². The number of hydrogen-bond acceptors (Lipinski definition) is 5. The first-order valence-electron chi connectivity index (χ1n) is 11.4. The van der Waals surface area contributed by atoms with Gasteiger partial charge in [0.2, 0.25) is 5.91 Å². The molecule has 1 aromatic heterocycles. The molecular formula is C24H30FN3O4S. The molecule has 0 saturated carbocycles. The van der Waals surface area contributed by atoms with Crippen LogP contribution >= 0.6 is 11.3 Å². The summed E-state index contributed by atoms with van der Waals surface area (Å²) in [6.07, 6.45) is 2.60. The van der Waals surface area contributed by atoms with Gasteiger partial charge < -0.3 is 24.6 Å². The Hall–Kier alpha value is -2.65. The Morgan fingerprint density at radius 1 is 1.30 bits per heavy atom. The van der Waals surface area contributed by atoms with Gasteiger partial charge in [0.1, 0.15) is 24.7 Å². The zero-order valence-electron chi connectivity index (χ0n) is 18.8. The number of urea groups is 1. The predicted molar refractivity (Wildman–Crippen MR) is 124 cm³/mol. The van der Waals surface area contributed by atoms with Crippen molar-refractivity contribution in [2.24, 2.45) is 0 Å². The van der Waals surface area contributed by atoms with E-state index in [1.165, 1.54) is 17.0 Å². The molecule has 1 fully saturated rings. The van der Waals surface area contributed by atoms with Crippen LogP contribution in [0.3, 0.4) is 0 Å². The van der Waals surface area contributed by atoms with Crippen LogP contribution in [-0.4, -0.2) is 67.2 Å². The number of nitrogens with zero attached hydrogens (tertiary/aromatic N) is 2. The van der Waals surface area contributed by atoms with Crippen LogP contribution in [0.2, 0.25) is 0 Å². The second-order valence-corrected chi connectivity index (χ2v) is 9.27. The normalized spacial score (nSPS) is 19.8. The van der Waals surface area contributed by atoms with Crippen molar-refractivity contribution >= 4 is 23.3 Å². The van der Waals surface area contributed by atoms with Crippen LogP contribution < -0.4 is 10.1 Å². The summed E-state index contributed by atoms with van der Waals surface area (Å²) in [4.78, 5) is 30.7. The van der Waals surface area contributed by atoms with E-state index in [4.69, 9.17) is 9.47 Å². The largest absolute Gasteiger partial charge is 0.491 e. The highest BCUT2D eigenvalue weighted by Gasteiger charge is 2.34. The van der Waals surface area contributed by atoms with Gasteiger partial charge in [-0.15, -0.1) is 11.3 Å². The van der Waals surface area contributed by atoms with Crippen molar-refractivity contribution in [3.05, 3.63) is 52.0 Å². The number of fused-ring (bicyclic) bond motifs is 1. The summed E-state index contributed by atoms with van der Waals surface area (Å²) in [7, 11) is 0. The van der Waals surface area contributed by atoms with Gasteiger partial charge in [-0.1, -0.05) is 0 Å². The van der Waals surface area contributed by atoms with Gasteiger partial charge in [-0.3, -0.25) is 4.79 Å². The van der Waals surface area contributed by atoms with Gasteiger partial charge in [-0.2, -0.15) is 0 Å². The summed E-state index contributed by atoms with van der Waals surface area (Å²) in [5.41, 5.74) is 1.07. The van der Waals surface area contributed by atoms with E-state index in [-0.39, 0.29) is 43.1 Å². The Morgan fingerprint density at radius 3 is 2.85 bits per heavy atom. The number of rotatable bonds is 8. The Bertz CT molecular complexity index is 945. The number of ether oxygens (including phenoxy) is 2. The molecule has 0 spiro atoms. The zero-order valence-corrected chi connectivity index (χ0v) is 19.6. The van der Waals surface area contributed by atoms with Crippen molar-refractivity contribution < 1.29 is 23.5 Å². The standard InChI is InChI=1S/C24H30FN3O4S/c1-2-26-24(30)27(14-19-4-3-12-31-19)15-23(29)28-11-9-22-20(10-13-33-22)21(28)16-32-18-7-5-17(25)6-8-18/h5-8,10,13,19,21H,2-4,9,11-12,14-16H2,1H3,(H,26,30)/t19-,21-/m0/s1. The molecule has 4 rings (SSSR count). The Morgan fingerprint density at radius 2 is 2.12 bits per heavy atom. The molecule has 1 N–H and O–H groups in total. The number of nitrogens with one attached hydrogen (secondary N) is 1. The molecule has 0 unspecified atom stereocenters. The van der Waals surface area contributed by atoms with Gasteiger partial charge in [0.25, 0.3) is 0 Å². The highest BCUT2D eigenvalue weighted by atomic mass is 32.1. The lowest BCUT2D eigenvalue weighted by Crippen LogP contribution is -2.51. The molecule has 9 heteroatoms. The van der Waals surface area contributed by atoms with Crippen molar-refractivity contribution in [3.63, 3.8) is 0 Å². The minimum Gasteiger partial charge on any atom is -0.491 e. The quantitative estimate of drug-likeness (QED) is 0.633. The van der Waals surface area contributed by atoms with E-state index in [2.05, 4.69) is 5.32 Å². The molecule has 178 valence electrons. The number of thiophene rings is 1. The minimum atomic E-state index is -0.325. The second-order valence-electron chi connectivity index (χ2n) is 8.27. The van der Waals surface area contributed by atoms with Crippen LogP contribution in [0.25, 0.3) is 0 Å². The van der Waals surface area contributed by atoms with Crippen molar-refractivity contribution in [1.29, 1.82) is 0 Å². The van der Waals surface area contributed by atoms with Crippen molar-refractivity contribution in [3.8, 4) is 5.75 Å². The van der Waals surface area contributed by atoms with E-state index >= 15 is 0 Å². The molecule has 7 nitrogen and oxygen atoms in total. The highest BCUT2D eigenvalue weighted by Crippen LogP contribution is 2.34. The lowest BCUT2D eigenvalue weighted by Gasteiger charge is -2.37. The van der Waals surface area contributed by atoms with Gasteiger partial charge >= 0.3 is 6.03 Å². The molecule has 2 aliphatic heterocycles. The summed E-state index contributed by atoms with van der Waals surface area (Å²) >= 11 is 1.68. The van der Waals surface area contributed by atoms with Crippen LogP contribution in [0.1, 0.15) is 36.2 Å². The number of carbonyl (C=O) groups excluding carboxylic acids is 2. The molecule has 1 saturated heterocycles. The first-order chi connectivity index (χ1) is 16.0. The van der Waals surface area contributed by atoms with E-state index in [1.54, 1.807) is 33.3 Å². The van der Waals surface area contributed by atoms with Gasteiger partial charge in [0, 0.05) is 31.1 Å². The van der Waals surface area contributed by atoms with Gasteiger partial charge in [0.05, 0.1) is 12.1 Å². The SMILES string of the molecule is CCNC(=O)N(CC(=O)N1CCc2sccc2[C@@H]1COc1ccc(F)cc1)C[C@@H]1CCCO1. The smallest absolute Gasteiger partial charge is 0.317 e. The molecule has 2 aromatic rings. The third kappa shape index (κ3) is 5.83. The molecule has 0 radical (unpaired) electrons. The molecule has 0 aliphatic carbocycles. The molecule has 2 aliphatic rings. The monoisotopic (exact) mass is 475 g/mol. The van der Waals surface area contributed by atoms with Gasteiger partial charge in [-0.25, -0.2) is 9.18 Å². The Labute approximate surface area is 197 Å². The zero-order chi connectivity index (χ0) is 23.2. The summed E-state index contributed by atoms with van der Waals surface area (Å²) in [6, 6.07) is 7.38. The van der Waals surface area contributed by atoms with Gasteiger partial charge in [0.15, 0.2) is 0 Å². The lowest BCUT2D eigenvalue weighted by atomic mass is 10.0. The fourth-order valence-corrected chi connectivity index (χ4v) is 5.28. The molecule has 1 aromatic carbocycles. The first kappa shape index (κ1) is 23.5. The minimum absolute atomic E-state index is 0.0157. The lowest BCUT2D eigenvalue weighted by molar-refractivity contribution is -0.135. The molecule has 3 heterocycles. The number of hydrogen-bond donors (Lipinski definition) is 1. The van der Waals surface area contributed by atoms with Crippen LogP contribution in [0.15, 0.2) is 35.7 Å². The van der Waals surface area contributed by atoms with Crippen LogP contribution in [-0.2, 0) is 16.0 Å². The topological polar surface area (TPSA) is 71.1 Å². The third-order valence-corrected chi connectivity index (χ3v) is 7.02. The molecule has 3 amide bonds. The average molecular weight is 476 g/mol. The maximum Gasteiger partial charge on any atom is 0.317 e.